The molecule has 2 nitrogen and oxygen atoms in total. The molecule has 0 saturated heterocycles. The Morgan fingerprint density at radius 1 is 0.656 bits per heavy atom. The largest absolute Gasteiger partial charge is 0.399 e. The Hall–Kier alpha value is -1.96. The van der Waals surface area contributed by atoms with Crippen LogP contribution in [0.1, 0.15) is 115 Å². The van der Waals surface area contributed by atoms with Crippen molar-refractivity contribution in [3.63, 3.8) is 0 Å². The van der Waals surface area contributed by atoms with Gasteiger partial charge in [0.2, 0.25) is 0 Å². The van der Waals surface area contributed by atoms with Gasteiger partial charge in [-0.3, -0.25) is 0 Å². The summed E-state index contributed by atoms with van der Waals surface area (Å²) in [6, 6.07) is 15.7. The number of benzene rings is 2. The molecule has 1 unspecified atom stereocenters. The van der Waals surface area contributed by atoms with Crippen LogP contribution in [0.3, 0.4) is 0 Å². The van der Waals surface area contributed by atoms with E-state index in [1.54, 1.807) is 5.56 Å². The number of hydrogen-bond acceptors (Lipinski definition) is 2. The van der Waals surface area contributed by atoms with E-state index in [1.165, 1.54) is 88.2 Å². The Morgan fingerprint density at radius 2 is 1.19 bits per heavy atom. The van der Waals surface area contributed by atoms with Crippen molar-refractivity contribution in [1.29, 1.82) is 0 Å². The standard InChI is InChI=1S/C30H46N2/c1-4-7-10-19-29(20-11-8-5-2)28-18-17-27(32)22-24(28)23-30(29,21-12-9-6-3)25-13-15-26(31)16-14-25/h13-18,22H,4-12,19-21,23,31-32H2,1-3H3. The number of unbranched alkanes of at least 4 members (excludes halogenated alkanes) is 6. The summed E-state index contributed by atoms with van der Waals surface area (Å²) in [4.78, 5) is 0. The zero-order chi connectivity index (χ0) is 23.0. The lowest BCUT2D eigenvalue weighted by atomic mass is 9.54. The predicted octanol–water partition coefficient (Wildman–Crippen LogP) is 8.32. The van der Waals surface area contributed by atoms with Gasteiger partial charge in [0, 0.05) is 22.2 Å². The summed E-state index contributed by atoms with van der Waals surface area (Å²) in [5.41, 5.74) is 19.1. The number of fused-ring (bicyclic) bond motifs is 1. The number of nitrogen functional groups attached to an aromatic ring is 2. The maximum absolute atomic E-state index is 6.31. The van der Waals surface area contributed by atoms with Gasteiger partial charge in [0.15, 0.2) is 0 Å². The second kappa shape index (κ2) is 11.3. The molecular weight excluding hydrogens is 388 g/mol. The highest BCUT2D eigenvalue weighted by Gasteiger charge is 2.56. The van der Waals surface area contributed by atoms with Crippen LogP contribution >= 0.6 is 0 Å². The molecule has 0 aliphatic heterocycles. The molecule has 176 valence electrons. The maximum Gasteiger partial charge on any atom is 0.0316 e. The molecule has 0 fully saturated rings. The Kier molecular flexibility index (Phi) is 8.68. The van der Waals surface area contributed by atoms with Crippen molar-refractivity contribution < 1.29 is 0 Å². The van der Waals surface area contributed by atoms with Gasteiger partial charge in [-0.05, 0) is 66.6 Å². The van der Waals surface area contributed by atoms with Crippen molar-refractivity contribution in [3.8, 4) is 0 Å². The second-order valence-electron chi connectivity index (χ2n) is 10.3. The van der Waals surface area contributed by atoms with Crippen molar-refractivity contribution >= 4 is 11.4 Å². The molecule has 0 spiro atoms. The molecule has 0 saturated carbocycles. The van der Waals surface area contributed by atoms with Crippen LogP contribution < -0.4 is 11.5 Å². The average Bonchev–Trinajstić information content (AvgIpc) is 3.04. The molecule has 32 heavy (non-hydrogen) atoms. The molecule has 0 aromatic heterocycles. The predicted molar refractivity (Wildman–Crippen MR) is 141 cm³/mol. The number of rotatable bonds is 13. The molecule has 0 heterocycles. The van der Waals surface area contributed by atoms with Crippen LogP contribution in [0, 0.1) is 0 Å². The molecule has 0 radical (unpaired) electrons. The minimum absolute atomic E-state index is 0.132. The molecule has 3 rings (SSSR count). The molecule has 2 heteroatoms. The minimum Gasteiger partial charge on any atom is -0.399 e. The fourth-order valence-corrected chi connectivity index (χ4v) is 6.53. The van der Waals surface area contributed by atoms with Crippen molar-refractivity contribution in [2.45, 2.75) is 115 Å². The molecule has 1 aliphatic carbocycles. The fraction of sp³-hybridized carbons (Fsp3) is 0.600. The Bertz CT molecular complexity index is 828. The normalized spacial score (nSPS) is 19.2. The lowest BCUT2D eigenvalue weighted by molar-refractivity contribution is 0.173. The Labute approximate surface area is 197 Å². The van der Waals surface area contributed by atoms with E-state index in [-0.39, 0.29) is 10.8 Å². The first kappa shape index (κ1) is 24.7. The highest BCUT2D eigenvalue weighted by Crippen LogP contribution is 2.60. The number of hydrogen-bond donors (Lipinski definition) is 2. The summed E-state index contributed by atoms with van der Waals surface area (Å²) in [5.74, 6) is 0. The van der Waals surface area contributed by atoms with Crippen LogP contribution in [-0.2, 0) is 17.3 Å². The summed E-state index contributed by atoms with van der Waals surface area (Å²) in [6.07, 6.45) is 16.5. The van der Waals surface area contributed by atoms with Gasteiger partial charge in [-0.1, -0.05) is 96.8 Å². The molecule has 0 bridgehead atoms. The van der Waals surface area contributed by atoms with Gasteiger partial charge in [0.05, 0.1) is 0 Å². The van der Waals surface area contributed by atoms with Crippen molar-refractivity contribution in [2.24, 2.45) is 0 Å². The van der Waals surface area contributed by atoms with E-state index in [9.17, 15) is 0 Å². The highest BCUT2D eigenvalue weighted by atomic mass is 14.6. The van der Waals surface area contributed by atoms with Gasteiger partial charge in [0.1, 0.15) is 0 Å². The molecule has 4 N–H and O–H groups in total. The van der Waals surface area contributed by atoms with Crippen LogP contribution in [0.5, 0.6) is 0 Å². The van der Waals surface area contributed by atoms with E-state index in [2.05, 4.69) is 63.2 Å². The monoisotopic (exact) mass is 434 g/mol. The van der Waals surface area contributed by atoms with Gasteiger partial charge >= 0.3 is 0 Å². The first-order valence-corrected chi connectivity index (χ1v) is 13.3. The van der Waals surface area contributed by atoms with E-state index in [1.807, 2.05) is 0 Å². The summed E-state index contributed by atoms with van der Waals surface area (Å²) < 4.78 is 0. The highest BCUT2D eigenvalue weighted by molar-refractivity contribution is 5.57. The lowest BCUT2D eigenvalue weighted by Gasteiger charge is -2.49. The van der Waals surface area contributed by atoms with Crippen molar-refractivity contribution in [3.05, 3.63) is 59.2 Å². The number of anilines is 2. The molecular formula is C30H46N2. The summed E-state index contributed by atoms with van der Waals surface area (Å²) >= 11 is 0. The summed E-state index contributed by atoms with van der Waals surface area (Å²) in [6.45, 7) is 6.96. The van der Waals surface area contributed by atoms with E-state index in [0.29, 0.717) is 0 Å². The maximum atomic E-state index is 6.31. The van der Waals surface area contributed by atoms with E-state index in [0.717, 1.165) is 17.8 Å². The van der Waals surface area contributed by atoms with Crippen LogP contribution in [0.4, 0.5) is 11.4 Å². The molecule has 1 aliphatic rings. The van der Waals surface area contributed by atoms with Gasteiger partial charge in [-0.2, -0.15) is 0 Å². The van der Waals surface area contributed by atoms with Gasteiger partial charge in [0.25, 0.3) is 0 Å². The van der Waals surface area contributed by atoms with Crippen LogP contribution in [0.15, 0.2) is 42.5 Å². The molecule has 2 aromatic rings. The van der Waals surface area contributed by atoms with Gasteiger partial charge < -0.3 is 11.5 Å². The fourth-order valence-electron chi connectivity index (χ4n) is 6.53. The molecule has 0 amide bonds. The van der Waals surface area contributed by atoms with Gasteiger partial charge in [-0.15, -0.1) is 0 Å². The van der Waals surface area contributed by atoms with Crippen LogP contribution in [-0.4, -0.2) is 0 Å². The van der Waals surface area contributed by atoms with Crippen LogP contribution in [0.25, 0.3) is 0 Å². The molecule has 1 atom stereocenters. The molecule has 2 aromatic carbocycles. The zero-order valence-corrected chi connectivity index (χ0v) is 20.9. The third-order valence-corrected chi connectivity index (χ3v) is 8.14. The third kappa shape index (κ3) is 4.85. The van der Waals surface area contributed by atoms with Gasteiger partial charge in [-0.25, -0.2) is 0 Å². The van der Waals surface area contributed by atoms with E-state index in [4.69, 9.17) is 11.5 Å². The average molecular weight is 435 g/mol. The first-order valence-electron chi connectivity index (χ1n) is 13.3. The summed E-state index contributed by atoms with van der Waals surface area (Å²) in [7, 11) is 0. The minimum atomic E-state index is 0.132. The topological polar surface area (TPSA) is 52.0 Å². The number of nitrogens with two attached hydrogens (primary N) is 2. The Balaban J connectivity index is 2.19. The smallest absolute Gasteiger partial charge is 0.0316 e. The van der Waals surface area contributed by atoms with E-state index < -0.39 is 0 Å². The SMILES string of the molecule is CCCCCC1(c2ccc(N)cc2)Cc2cc(N)ccc2C1(CCCCC)CCCCC. The Morgan fingerprint density at radius 3 is 1.75 bits per heavy atom. The second-order valence-corrected chi connectivity index (χ2v) is 10.3. The quantitative estimate of drug-likeness (QED) is 0.246. The zero-order valence-electron chi connectivity index (χ0n) is 20.9. The van der Waals surface area contributed by atoms with E-state index >= 15 is 0 Å². The third-order valence-electron chi connectivity index (χ3n) is 8.14. The summed E-state index contributed by atoms with van der Waals surface area (Å²) in [5, 5.41) is 0. The first-order chi connectivity index (χ1) is 15.5. The van der Waals surface area contributed by atoms with Crippen molar-refractivity contribution in [2.75, 3.05) is 11.5 Å². The van der Waals surface area contributed by atoms with Crippen LogP contribution in [0.2, 0.25) is 0 Å². The lowest BCUT2D eigenvalue weighted by Crippen LogP contribution is -2.47. The van der Waals surface area contributed by atoms with Crippen molar-refractivity contribution in [1.82, 2.24) is 0 Å².